The van der Waals surface area contributed by atoms with Gasteiger partial charge in [0.2, 0.25) is 0 Å². The molecule has 0 radical (unpaired) electrons. The van der Waals surface area contributed by atoms with Crippen molar-refractivity contribution in [2.24, 2.45) is 0 Å². The molecule has 3 nitrogen and oxygen atoms in total. The number of carbonyl (C=O) groups is 1. The molecule has 1 aliphatic heterocycles. The van der Waals surface area contributed by atoms with Crippen LogP contribution in [0.5, 0.6) is 0 Å². The Labute approximate surface area is 121 Å². The molecule has 0 amide bonds. The maximum Gasteiger partial charge on any atom is 0.196 e. The van der Waals surface area contributed by atoms with Crippen LogP contribution < -0.4 is 0 Å². The Kier molecular flexibility index (Phi) is 4.67. The molecule has 1 aromatic rings. The van der Waals surface area contributed by atoms with Gasteiger partial charge in [0, 0.05) is 22.8 Å². The van der Waals surface area contributed by atoms with Crippen molar-refractivity contribution in [3.05, 3.63) is 16.9 Å². The predicted octanol–water partition coefficient (Wildman–Crippen LogP) is 3.36. The van der Waals surface area contributed by atoms with Crippen LogP contribution in [0, 0.1) is 0 Å². The van der Waals surface area contributed by atoms with Gasteiger partial charge in [0.05, 0.1) is 16.5 Å². The third-order valence-electron chi connectivity index (χ3n) is 3.17. The summed E-state index contributed by atoms with van der Waals surface area (Å²) >= 11 is 9.71. The maximum absolute atomic E-state index is 12.5. The molecule has 0 aromatic carbocycles. The van der Waals surface area contributed by atoms with Crippen molar-refractivity contribution in [1.29, 1.82) is 0 Å². The average molecular weight is 305 g/mol. The molecule has 1 aliphatic rings. The molecule has 100 valence electrons. The maximum atomic E-state index is 12.5. The van der Waals surface area contributed by atoms with Gasteiger partial charge in [-0.1, -0.05) is 25.4 Å². The van der Waals surface area contributed by atoms with Crippen LogP contribution in [0.1, 0.15) is 31.3 Å². The molecule has 1 aromatic heterocycles. The fourth-order valence-electron chi connectivity index (χ4n) is 1.92. The second kappa shape index (κ2) is 5.88. The van der Waals surface area contributed by atoms with Crippen LogP contribution in [-0.2, 0) is 6.54 Å². The van der Waals surface area contributed by atoms with Crippen molar-refractivity contribution >= 4 is 40.9 Å². The van der Waals surface area contributed by atoms with Crippen molar-refractivity contribution in [1.82, 2.24) is 9.78 Å². The Morgan fingerprint density at radius 3 is 2.89 bits per heavy atom. The largest absolute Gasteiger partial charge is 0.291 e. The topological polar surface area (TPSA) is 34.9 Å². The summed E-state index contributed by atoms with van der Waals surface area (Å²) in [6.45, 7) is 7.03. The molecule has 1 saturated heterocycles. The third kappa shape index (κ3) is 2.73. The molecule has 2 heterocycles. The summed E-state index contributed by atoms with van der Waals surface area (Å²) in [6.07, 6.45) is 1.56. The van der Waals surface area contributed by atoms with Gasteiger partial charge in [-0.3, -0.25) is 9.48 Å². The van der Waals surface area contributed by atoms with Crippen molar-refractivity contribution in [3.8, 4) is 0 Å². The number of hydrogen-bond acceptors (Lipinski definition) is 4. The molecular formula is C12H17ClN2OS2. The van der Waals surface area contributed by atoms with E-state index >= 15 is 0 Å². The smallest absolute Gasteiger partial charge is 0.196 e. The Balaban J connectivity index is 2.18. The van der Waals surface area contributed by atoms with Crippen LogP contribution in [0.4, 0.5) is 0 Å². The van der Waals surface area contributed by atoms with E-state index in [0.29, 0.717) is 27.8 Å². The first-order valence-electron chi connectivity index (χ1n) is 6.07. The molecule has 3 atom stereocenters. The lowest BCUT2D eigenvalue weighted by atomic mass is 10.2. The fourth-order valence-corrected chi connectivity index (χ4v) is 5.01. The van der Waals surface area contributed by atoms with E-state index in [1.165, 1.54) is 0 Å². The molecule has 0 bridgehead atoms. The third-order valence-corrected chi connectivity index (χ3v) is 6.84. The van der Waals surface area contributed by atoms with Crippen LogP contribution in [0.25, 0.3) is 0 Å². The Morgan fingerprint density at radius 1 is 1.56 bits per heavy atom. The zero-order valence-electron chi connectivity index (χ0n) is 10.7. The van der Waals surface area contributed by atoms with Crippen LogP contribution in [0.2, 0.25) is 5.02 Å². The van der Waals surface area contributed by atoms with E-state index < -0.39 is 0 Å². The van der Waals surface area contributed by atoms with Crippen molar-refractivity contribution < 1.29 is 4.79 Å². The lowest BCUT2D eigenvalue weighted by Crippen LogP contribution is -2.32. The Hall–Kier alpha value is -0.130. The second-order valence-electron chi connectivity index (χ2n) is 4.39. The van der Waals surface area contributed by atoms with Crippen molar-refractivity contribution in [3.63, 3.8) is 0 Å². The minimum Gasteiger partial charge on any atom is -0.291 e. The van der Waals surface area contributed by atoms with Gasteiger partial charge in [-0.15, -0.1) is 11.8 Å². The molecule has 0 aliphatic carbocycles. The lowest BCUT2D eigenvalue weighted by molar-refractivity contribution is 0.0984. The number of aryl methyl sites for hydroxylation is 1. The highest BCUT2D eigenvalue weighted by atomic mass is 35.5. The van der Waals surface area contributed by atoms with Gasteiger partial charge < -0.3 is 0 Å². The summed E-state index contributed by atoms with van der Waals surface area (Å²) in [4.78, 5) is 12.5. The Morgan fingerprint density at radius 2 is 2.28 bits per heavy atom. The minimum absolute atomic E-state index is 0.000648. The van der Waals surface area contributed by atoms with Crippen LogP contribution in [-0.4, -0.2) is 37.1 Å². The van der Waals surface area contributed by atoms with E-state index in [9.17, 15) is 4.79 Å². The van der Waals surface area contributed by atoms with Gasteiger partial charge in [-0.2, -0.15) is 16.9 Å². The number of thioether (sulfide) groups is 2. The van der Waals surface area contributed by atoms with Gasteiger partial charge in [0.15, 0.2) is 5.78 Å². The van der Waals surface area contributed by atoms with E-state index in [4.69, 9.17) is 11.6 Å². The SMILES string of the molecule is CCn1ncc(Cl)c1C(=O)C1CSC(C)C(C)S1. The summed E-state index contributed by atoms with van der Waals surface area (Å²) in [5.41, 5.74) is 0.569. The highest BCUT2D eigenvalue weighted by Gasteiger charge is 2.33. The number of rotatable bonds is 3. The normalized spacial score (nSPS) is 28.3. The first kappa shape index (κ1) is 14.3. The lowest BCUT2D eigenvalue weighted by Gasteiger charge is -2.30. The highest BCUT2D eigenvalue weighted by molar-refractivity contribution is 8.08. The minimum atomic E-state index is 0.000648. The summed E-state index contributed by atoms with van der Waals surface area (Å²) < 4.78 is 1.69. The molecule has 6 heteroatoms. The molecule has 18 heavy (non-hydrogen) atoms. The second-order valence-corrected chi connectivity index (χ2v) is 7.79. The molecule has 1 fully saturated rings. The van der Waals surface area contributed by atoms with Gasteiger partial charge >= 0.3 is 0 Å². The van der Waals surface area contributed by atoms with Gasteiger partial charge in [-0.25, -0.2) is 0 Å². The molecule has 3 unspecified atom stereocenters. The average Bonchev–Trinajstić information content (AvgIpc) is 2.73. The first-order chi connectivity index (χ1) is 8.54. The van der Waals surface area contributed by atoms with E-state index in [0.717, 1.165) is 5.75 Å². The van der Waals surface area contributed by atoms with Gasteiger partial charge in [0.25, 0.3) is 0 Å². The van der Waals surface area contributed by atoms with Crippen molar-refractivity contribution in [2.75, 3.05) is 5.75 Å². The fraction of sp³-hybridized carbons (Fsp3) is 0.667. The number of halogens is 1. The van der Waals surface area contributed by atoms with E-state index in [1.807, 2.05) is 18.7 Å². The molecule has 0 N–H and O–H groups in total. The monoisotopic (exact) mass is 304 g/mol. The zero-order chi connectivity index (χ0) is 13.3. The molecular weight excluding hydrogens is 288 g/mol. The summed E-state index contributed by atoms with van der Waals surface area (Å²) in [5, 5.41) is 5.70. The number of aromatic nitrogens is 2. The number of carbonyl (C=O) groups excluding carboxylic acids is 1. The quantitative estimate of drug-likeness (QED) is 0.802. The van der Waals surface area contributed by atoms with Crippen LogP contribution in [0.3, 0.4) is 0 Å². The highest BCUT2D eigenvalue weighted by Crippen LogP contribution is 2.37. The van der Waals surface area contributed by atoms with E-state index in [-0.39, 0.29) is 11.0 Å². The number of ketones is 1. The number of hydrogen-bond donors (Lipinski definition) is 0. The van der Waals surface area contributed by atoms with Crippen LogP contribution >= 0.6 is 35.1 Å². The van der Waals surface area contributed by atoms with Crippen LogP contribution in [0.15, 0.2) is 6.20 Å². The van der Waals surface area contributed by atoms with E-state index in [1.54, 1.807) is 22.6 Å². The summed E-state index contributed by atoms with van der Waals surface area (Å²) in [7, 11) is 0. The predicted molar refractivity (Wildman–Crippen MR) is 80.0 cm³/mol. The summed E-state index contributed by atoms with van der Waals surface area (Å²) in [5.74, 6) is 0.982. The van der Waals surface area contributed by atoms with Crippen molar-refractivity contribution in [2.45, 2.75) is 43.1 Å². The van der Waals surface area contributed by atoms with Gasteiger partial charge in [-0.05, 0) is 6.92 Å². The molecule has 0 spiro atoms. The first-order valence-corrected chi connectivity index (χ1v) is 8.44. The summed E-state index contributed by atoms with van der Waals surface area (Å²) in [6, 6.07) is 0. The molecule has 0 saturated carbocycles. The number of Topliss-reactive ketones (excluding diaryl/α,β-unsaturated/α-hetero) is 1. The Bertz CT molecular complexity index is 449. The zero-order valence-corrected chi connectivity index (χ0v) is 13.1. The standard InChI is InChI=1S/C12H17ClN2OS2/c1-4-15-11(9(13)5-14-15)12(16)10-6-17-7(2)8(3)18-10/h5,7-8,10H,4,6H2,1-3H3. The van der Waals surface area contributed by atoms with E-state index in [2.05, 4.69) is 18.9 Å². The molecule has 2 rings (SSSR count). The number of nitrogens with zero attached hydrogens (tertiary/aromatic N) is 2. The van der Waals surface area contributed by atoms with Gasteiger partial charge in [0.1, 0.15) is 5.69 Å².